The first-order valence-electron chi connectivity index (χ1n) is 6.45. The van der Waals surface area contributed by atoms with Crippen molar-refractivity contribution in [3.05, 3.63) is 54.1 Å². The van der Waals surface area contributed by atoms with Crippen LogP contribution in [-0.4, -0.2) is 13.0 Å². The maximum Gasteiger partial charge on any atom is 0.416 e. The predicted molar refractivity (Wildman–Crippen MR) is 77.3 cm³/mol. The van der Waals surface area contributed by atoms with Crippen LogP contribution >= 0.6 is 0 Å². The molecule has 116 valence electrons. The molecule has 3 nitrogen and oxygen atoms in total. The second-order valence-corrected chi connectivity index (χ2v) is 4.60. The number of ether oxygens (including phenoxy) is 1. The molecule has 2 aromatic carbocycles. The lowest BCUT2D eigenvalue weighted by molar-refractivity contribution is -0.137. The largest absolute Gasteiger partial charge is 0.497 e. The van der Waals surface area contributed by atoms with E-state index >= 15 is 0 Å². The summed E-state index contributed by atoms with van der Waals surface area (Å²) in [6.07, 6.45) is -4.40. The van der Waals surface area contributed by atoms with Crippen LogP contribution in [-0.2, 0) is 11.0 Å². The van der Waals surface area contributed by atoms with Gasteiger partial charge < -0.3 is 4.74 Å². The SMILES string of the molecule is COc1ccc(N(C(C)=O)c2ccc(C(F)(F)F)cc2)cc1. The van der Waals surface area contributed by atoms with Crippen molar-refractivity contribution >= 4 is 17.3 Å². The molecular weight excluding hydrogens is 295 g/mol. The van der Waals surface area contributed by atoms with Crippen molar-refractivity contribution in [2.45, 2.75) is 13.1 Å². The number of carbonyl (C=O) groups excluding carboxylic acids is 1. The standard InChI is InChI=1S/C16H14F3NO2/c1-11(21)20(14-7-9-15(22-2)10-8-14)13-5-3-12(4-6-13)16(17,18)19/h3-10H,1-2H3. The van der Waals surface area contributed by atoms with Crippen LogP contribution in [0.4, 0.5) is 24.5 Å². The lowest BCUT2D eigenvalue weighted by Gasteiger charge is -2.22. The number of hydrogen-bond acceptors (Lipinski definition) is 2. The van der Waals surface area contributed by atoms with Crippen LogP contribution < -0.4 is 9.64 Å². The molecule has 0 bridgehead atoms. The summed E-state index contributed by atoms with van der Waals surface area (Å²) in [7, 11) is 1.52. The third kappa shape index (κ3) is 3.39. The Morgan fingerprint density at radius 2 is 1.41 bits per heavy atom. The van der Waals surface area contributed by atoms with Crippen molar-refractivity contribution < 1.29 is 22.7 Å². The second kappa shape index (κ2) is 6.09. The summed E-state index contributed by atoms with van der Waals surface area (Å²) in [5, 5.41) is 0. The highest BCUT2D eigenvalue weighted by molar-refractivity contribution is 5.99. The third-order valence-electron chi connectivity index (χ3n) is 3.10. The van der Waals surface area contributed by atoms with Crippen LogP contribution in [0.15, 0.2) is 48.5 Å². The number of amides is 1. The molecule has 0 heterocycles. The molecule has 0 unspecified atom stereocenters. The van der Waals surface area contributed by atoms with Crippen molar-refractivity contribution in [1.29, 1.82) is 0 Å². The van der Waals surface area contributed by atoms with Crippen LogP contribution in [0.25, 0.3) is 0 Å². The van der Waals surface area contributed by atoms with Crippen LogP contribution in [0.1, 0.15) is 12.5 Å². The molecule has 0 aliphatic rings. The topological polar surface area (TPSA) is 29.5 Å². The number of benzene rings is 2. The van der Waals surface area contributed by atoms with Gasteiger partial charge in [0.25, 0.3) is 0 Å². The van der Waals surface area contributed by atoms with Gasteiger partial charge >= 0.3 is 6.18 Å². The summed E-state index contributed by atoms with van der Waals surface area (Å²) in [6, 6.07) is 11.1. The molecule has 2 aromatic rings. The first kappa shape index (κ1) is 15.9. The molecule has 0 N–H and O–H groups in total. The molecule has 1 amide bonds. The maximum absolute atomic E-state index is 12.6. The number of anilines is 2. The van der Waals surface area contributed by atoms with E-state index in [1.807, 2.05) is 0 Å². The highest BCUT2D eigenvalue weighted by Crippen LogP contribution is 2.32. The minimum Gasteiger partial charge on any atom is -0.497 e. The number of carbonyl (C=O) groups is 1. The summed E-state index contributed by atoms with van der Waals surface area (Å²) in [5.41, 5.74) is 0.160. The Balaban J connectivity index is 2.37. The monoisotopic (exact) mass is 309 g/mol. The van der Waals surface area contributed by atoms with E-state index in [4.69, 9.17) is 4.74 Å². The predicted octanol–water partition coefficient (Wildman–Crippen LogP) is 4.40. The van der Waals surface area contributed by atoms with E-state index in [0.29, 0.717) is 17.1 Å². The molecule has 0 fully saturated rings. The first-order chi connectivity index (χ1) is 10.3. The van der Waals surface area contributed by atoms with Gasteiger partial charge in [0.1, 0.15) is 5.75 Å². The van der Waals surface area contributed by atoms with Gasteiger partial charge in [0.05, 0.1) is 12.7 Å². The van der Waals surface area contributed by atoms with Crippen LogP contribution in [0.2, 0.25) is 0 Å². The molecule has 6 heteroatoms. The van der Waals surface area contributed by atoms with Crippen molar-refractivity contribution in [3.63, 3.8) is 0 Å². The van der Waals surface area contributed by atoms with Gasteiger partial charge in [-0.2, -0.15) is 13.2 Å². The molecule has 0 saturated carbocycles. The summed E-state index contributed by atoms with van der Waals surface area (Å²) in [6.45, 7) is 1.35. The molecule has 22 heavy (non-hydrogen) atoms. The van der Waals surface area contributed by atoms with E-state index in [0.717, 1.165) is 12.1 Å². The van der Waals surface area contributed by atoms with Crippen LogP contribution in [0.3, 0.4) is 0 Å². The van der Waals surface area contributed by atoms with Crippen molar-refractivity contribution in [3.8, 4) is 5.75 Å². The zero-order valence-electron chi connectivity index (χ0n) is 12.0. The van der Waals surface area contributed by atoms with Gasteiger partial charge in [-0.1, -0.05) is 0 Å². The number of nitrogens with zero attached hydrogens (tertiary/aromatic N) is 1. The Labute approximate surface area is 125 Å². The zero-order valence-corrected chi connectivity index (χ0v) is 12.0. The van der Waals surface area contributed by atoms with E-state index in [1.165, 1.54) is 31.1 Å². The van der Waals surface area contributed by atoms with Gasteiger partial charge in [-0.05, 0) is 48.5 Å². The molecule has 0 aliphatic heterocycles. The highest BCUT2D eigenvalue weighted by Gasteiger charge is 2.30. The first-order valence-corrected chi connectivity index (χ1v) is 6.45. The molecule has 0 atom stereocenters. The normalized spacial score (nSPS) is 11.1. The number of methoxy groups -OCH3 is 1. The Bertz CT molecular complexity index is 649. The minimum atomic E-state index is -4.40. The molecule has 0 aromatic heterocycles. The second-order valence-electron chi connectivity index (χ2n) is 4.60. The van der Waals surface area contributed by atoms with Gasteiger partial charge in [-0.15, -0.1) is 0 Å². The number of alkyl halides is 3. The maximum atomic E-state index is 12.6. The summed E-state index contributed by atoms with van der Waals surface area (Å²) >= 11 is 0. The average molecular weight is 309 g/mol. The average Bonchev–Trinajstić information content (AvgIpc) is 2.47. The summed E-state index contributed by atoms with van der Waals surface area (Å²) < 4.78 is 42.8. The summed E-state index contributed by atoms with van der Waals surface area (Å²) in [4.78, 5) is 13.2. The quantitative estimate of drug-likeness (QED) is 0.841. The van der Waals surface area contributed by atoms with Gasteiger partial charge in [0.2, 0.25) is 5.91 Å². The summed E-state index contributed by atoms with van der Waals surface area (Å²) in [5.74, 6) is 0.324. The molecule has 0 aliphatic carbocycles. The minimum absolute atomic E-state index is 0.301. The Kier molecular flexibility index (Phi) is 4.40. The van der Waals surface area contributed by atoms with E-state index < -0.39 is 11.7 Å². The number of halogens is 3. The zero-order chi connectivity index (χ0) is 16.3. The highest BCUT2D eigenvalue weighted by atomic mass is 19.4. The van der Waals surface area contributed by atoms with Crippen molar-refractivity contribution in [2.24, 2.45) is 0 Å². The van der Waals surface area contributed by atoms with E-state index in [2.05, 4.69) is 0 Å². The Morgan fingerprint density at radius 1 is 0.955 bits per heavy atom. The van der Waals surface area contributed by atoms with Crippen molar-refractivity contribution in [1.82, 2.24) is 0 Å². The van der Waals surface area contributed by atoms with Crippen LogP contribution in [0.5, 0.6) is 5.75 Å². The Hall–Kier alpha value is -2.50. The number of rotatable bonds is 3. The van der Waals surface area contributed by atoms with E-state index in [9.17, 15) is 18.0 Å². The van der Waals surface area contributed by atoms with E-state index in [-0.39, 0.29) is 5.91 Å². The lowest BCUT2D eigenvalue weighted by atomic mass is 10.1. The molecule has 0 spiro atoms. The van der Waals surface area contributed by atoms with Crippen LogP contribution in [0, 0.1) is 0 Å². The molecule has 0 radical (unpaired) electrons. The smallest absolute Gasteiger partial charge is 0.416 e. The van der Waals surface area contributed by atoms with Gasteiger partial charge in [-0.3, -0.25) is 9.69 Å². The fourth-order valence-corrected chi connectivity index (χ4v) is 2.04. The van der Waals surface area contributed by atoms with Gasteiger partial charge in [0.15, 0.2) is 0 Å². The lowest BCUT2D eigenvalue weighted by Crippen LogP contribution is -2.22. The fourth-order valence-electron chi connectivity index (χ4n) is 2.04. The Morgan fingerprint density at radius 3 is 1.77 bits per heavy atom. The third-order valence-corrected chi connectivity index (χ3v) is 3.10. The van der Waals surface area contributed by atoms with Gasteiger partial charge in [-0.25, -0.2) is 0 Å². The van der Waals surface area contributed by atoms with Crippen molar-refractivity contribution in [2.75, 3.05) is 12.0 Å². The van der Waals surface area contributed by atoms with E-state index in [1.54, 1.807) is 24.3 Å². The van der Waals surface area contributed by atoms with Gasteiger partial charge in [0, 0.05) is 18.3 Å². The molecular formula is C16H14F3NO2. The molecule has 0 saturated heterocycles. The number of hydrogen-bond donors (Lipinski definition) is 0. The molecule has 2 rings (SSSR count). The fraction of sp³-hybridized carbons (Fsp3) is 0.188.